The zero-order valence-electron chi connectivity index (χ0n) is 11.8. The van der Waals surface area contributed by atoms with Gasteiger partial charge in [0.15, 0.2) is 0 Å². The highest BCUT2D eigenvalue weighted by atomic mass is 16.5. The molecule has 1 aromatic heterocycles. The van der Waals surface area contributed by atoms with Crippen LogP contribution in [-0.4, -0.2) is 23.0 Å². The zero-order chi connectivity index (χ0) is 13.7. The Balaban J connectivity index is 2.07. The Hall–Kier alpha value is -1.45. The first kappa shape index (κ1) is 14.0. The number of ether oxygens (including phenoxy) is 1. The third kappa shape index (κ3) is 4.01. The molecule has 4 nitrogen and oxygen atoms in total. The van der Waals surface area contributed by atoms with E-state index in [1.54, 1.807) is 0 Å². The molecule has 1 heterocycles. The quantitative estimate of drug-likeness (QED) is 0.783. The summed E-state index contributed by atoms with van der Waals surface area (Å²) >= 11 is 0. The molecule has 0 bridgehead atoms. The fourth-order valence-electron chi connectivity index (χ4n) is 2.69. The van der Waals surface area contributed by atoms with Gasteiger partial charge in [0.1, 0.15) is 5.82 Å². The number of hydrogen-bond acceptors (Lipinski definition) is 4. The van der Waals surface area contributed by atoms with Crippen molar-refractivity contribution in [3.8, 4) is 0 Å². The van der Waals surface area contributed by atoms with Gasteiger partial charge in [-0.1, -0.05) is 19.3 Å². The molecule has 0 amide bonds. The van der Waals surface area contributed by atoms with E-state index in [1.807, 2.05) is 6.92 Å². The summed E-state index contributed by atoms with van der Waals surface area (Å²) in [6, 6.07) is 2.09. The molecule has 104 valence electrons. The number of carbonyl (C=O) groups excluding carboxylic acids is 1. The average molecular weight is 262 g/mol. The van der Waals surface area contributed by atoms with Gasteiger partial charge in [-0.3, -0.25) is 4.79 Å². The van der Waals surface area contributed by atoms with Gasteiger partial charge >= 0.3 is 5.97 Å². The van der Waals surface area contributed by atoms with E-state index in [0.29, 0.717) is 18.8 Å². The lowest BCUT2D eigenvalue weighted by Gasteiger charge is -2.21. The molecular formula is C15H22N2O2. The fourth-order valence-corrected chi connectivity index (χ4v) is 2.69. The molecule has 0 atom stereocenters. The highest BCUT2D eigenvalue weighted by Gasteiger charge is 2.18. The molecule has 1 aliphatic carbocycles. The van der Waals surface area contributed by atoms with Crippen molar-refractivity contribution in [2.75, 3.05) is 7.11 Å². The largest absolute Gasteiger partial charge is 0.469 e. The molecule has 1 saturated carbocycles. The molecule has 0 aliphatic heterocycles. The molecule has 2 rings (SSSR count). The van der Waals surface area contributed by atoms with Crippen LogP contribution in [0.15, 0.2) is 6.07 Å². The summed E-state index contributed by atoms with van der Waals surface area (Å²) in [7, 11) is 1.41. The Morgan fingerprint density at radius 1 is 1.32 bits per heavy atom. The van der Waals surface area contributed by atoms with Gasteiger partial charge in [0, 0.05) is 23.7 Å². The highest BCUT2D eigenvalue weighted by molar-refractivity contribution is 5.69. The second kappa shape index (κ2) is 6.64. The Morgan fingerprint density at radius 3 is 2.74 bits per heavy atom. The SMILES string of the molecule is COC(=O)CCc1nc(C)cc(C2CCCCC2)n1. The van der Waals surface area contributed by atoms with Crippen LogP contribution in [0.3, 0.4) is 0 Å². The van der Waals surface area contributed by atoms with Gasteiger partial charge in [0.25, 0.3) is 0 Å². The first-order valence-electron chi connectivity index (χ1n) is 7.10. The molecule has 1 aliphatic rings. The van der Waals surface area contributed by atoms with Gasteiger partial charge in [-0.2, -0.15) is 0 Å². The van der Waals surface area contributed by atoms with Gasteiger partial charge in [-0.25, -0.2) is 9.97 Å². The predicted molar refractivity (Wildman–Crippen MR) is 72.9 cm³/mol. The number of rotatable bonds is 4. The minimum atomic E-state index is -0.204. The van der Waals surface area contributed by atoms with Gasteiger partial charge < -0.3 is 4.74 Å². The van der Waals surface area contributed by atoms with Crippen molar-refractivity contribution in [3.63, 3.8) is 0 Å². The van der Waals surface area contributed by atoms with Crippen molar-refractivity contribution in [1.29, 1.82) is 0 Å². The number of hydrogen-bond donors (Lipinski definition) is 0. The van der Waals surface area contributed by atoms with Crippen LogP contribution in [0.4, 0.5) is 0 Å². The average Bonchev–Trinajstić information content (AvgIpc) is 2.45. The van der Waals surface area contributed by atoms with Crippen molar-refractivity contribution in [3.05, 3.63) is 23.3 Å². The Bertz CT molecular complexity index is 440. The van der Waals surface area contributed by atoms with Crippen molar-refractivity contribution in [2.24, 2.45) is 0 Å². The van der Waals surface area contributed by atoms with E-state index >= 15 is 0 Å². The summed E-state index contributed by atoms with van der Waals surface area (Å²) in [5.74, 6) is 1.14. The molecule has 19 heavy (non-hydrogen) atoms. The first-order chi connectivity index (χ1) is 9.19. The lowest BCUT2D eigenvalue weighted by molar-refractivity contribution is -0.140. The topological polar surface area (TPSA) is 52.1 Å². The van der Waals surface area contributed by atoms with Crippen LogP contribution in [0.5, 0.6) is 0 Å². The van der Waals surface area contributed by atoms with Crippen LogP contribution in [0.1, 0.15) is 61.7 Å². The van der Waals surface area contributed by atoms with Crippen LogP contribution >= 0.6 is 0 Å². The molecular weight excluding hydrogens is 240 g/mol. The molecule has 0 N–H and O–H groups in total. The minimum Gasteiger partial charge on any atom is -0.469 e. The van der Waals surface area contributed by atoms with Gasteiger partial charge in [-0.15, -0.1) is 0 Å². The molecule has 0 saturated heterocycles. The minimum absolute atomic E-state index is 0.204. The predicted octanol–water partition coefficient (Wildman–Crippen LogP) is 2.94. The summed E-state index contributed by atoms with van der Waals surface area (Å²) < 4.78 is 4.65. The lowest BCUT2D eigenvalue weighted by atomic mass is 9.86. The third-order valence-corrected chi connectivity index (χ3v) is 3.72. The molecule has 1 fully saturated rings. The number of aryl methyl sites for hydroxylation is 2. The normalized spacial score (nSPS) is 16.3. The summed E-state index contributed by atoms with van der Waals surface area (Å²) in [5, 5.41) is 0. The van der Waals surface area contributed by atoms with E-state index in [0.717, 1.165) is 17.2 Å². The maximum Gasteiger partial charge on any atom is 0.305 e. The van der Waals surface area contributed by atoms with E-state index < -0.39 is 0 Å². The Kier molecular flexibility index (Phi) is 4.88. The third-order valence-electron chi connectivity index (χ3n) is 3.72. The number of aromatic nitrogens is 2. The summed E-state index contributed by atoms with van der Waals surface area (Å²) in [5.41, 5.74) is 2.16. The number of nitrogens with zero attached hydrogens (tertiary/aromatic N) is 2. The van der Waals surface area contributed by atoms with Gasteiger partial charge in [0.2, 0.25) is 0 Å². The Morgan fingerprint density at radius 2 is 2.05 bits per heavy atom. The summed E-state index contributed by atoms with van der Waals surface area (Å²) in [6.45, 7) is 2.00. The van der Waals surface area contributed by atoms with Crippen LogP contribution < -0.4 is 0 Å². The van der Waals surface area contributed by atoms with E-state index in [1.165, 1.54) is 39.2 Å². The first-order valence-corrected chi connectivity index (χ1v) is 7.10. The summed E-state index contributed by atoms with van der Waals surface area (Å²) in [6.07, 6.45) is 7.31. The maximum absolute atomic E-state index is 11.2. The van der Waals surface area contributed by atoms with E-state index in [9.17, 15) is 4.79 Å². The number of carbonyl (C=O) groups is 1. The van der Waals surface area contributed by atoms with E-state index in [-0.39, 0.29) is 5.97 Å². The van der Waals surface area contributed by atoms with Crippen molar-refractivity contribution in [1.82, 2.24) is 9.97 Å². The molecule has 1 aromatic rings. The molecule has 4 heteroatoms. The van der Waals surface area contributed by atoms with Gasteiger partial charge in [-0.05, 0) is 25.8 Å². The lowest BCUT2D eigenvalue weighted by Crippen LogP contribution is -2.11. The standard InChI is InChI=1S/C15H22N2O2/c1-11-10-13(12-6-4-3-5-7-12)17-14(16-11)8-9-15(18)19-2/h10,12H,3-9H2,1-2H3. The van der Waals surface area contributed by atoms with E-state index in [2.05, 4.69) is 20.8 Å². The number of methoxy groups -OCH3 is 1. The molecule has 0 spiro atoms. The monoisotopic (exact) mass is 262 g/mol. The molecule has 0 unspecified atom stereocenters. The van der Waals surface area contributed by atoms with Crippen LogP contribution in [0.2, 0.25) is 0 Å². The van der Waals surface area contributed by atoms with Crippen LogP contribution in [0, 0.1) is 6.92 Å². The van der Waals surface area contributed by atoms with Crippen LogP contribution in [0.25, 0.3) is 0 Å². The zero-order valence-corrected chi connectivity index (χ0v) is 11.8. The second-order valence-electron chi connectivity index (χ2n) is 5.26. The van der Waals surface area contributed by atoms with Gasteiger partial charge in [0.05, 0.1) is 13.5 Å². The molecule has 0 aromatic carbocycles. The molecule has 0 radical (unpaired) electrons. The second-order valence-corrected chi connectivity index (χ2v) is 5.26. The number of esters is 1. The van der Waals surface area contributed by atoms with Crippen molar-refractivity contribution < 1.29 is 9.53 Å². The van der Waals surface area contributed by atoms with Crippen LogP contribution in [-0.2, 0) is 16.0 Å². The van der Waals surface area contributed by atoms with Crippen molar-refractivity contribution in [2.45, 2.75) is 57.8 Å². The highest BCUT2D eigenvalue weighted by Crippen LogP contribution is 2.31. The Labute approximate surface area is 114 Å². The van der Waals surface area contributed by atoms with E-state index in [4.69, 9.17) is 0 Å². The fraction of sp³-hybridized carbons (Fsp3) is 0.667. The smallest absolute Gasteiger partial charge is 0.305 e. The summed E-state index contributed by atoms with van der Waals surface area (Å²) in [4.78, 5) is 20.2. The maximum atomic E-state index is 11.2. The van der Waals surface area contributed by atoms with Crippen molar-refractivity contribution >= 4 is 5.97 Å².